The zero-order chi connectivity index (χ0) is 22.7. The number of hydrogen-bond acceptors (Lipinski definition) is 9. The number of aromatic nitrogens is 2. The summed E-state index contributed by atoms with van der Waals surface area (Å²) in [5, 5.41) is 15.1. The van der Waals surface area contributed by atoms with Crippen LogP contribution in [-0.2, 0) is 16.1 Å². The first-order valence-electron chi connectivity index (χ1n) is 10.3. The van der Waals surface area contributed by atoms with E-state index in [4.69, 9.17) is 21.3 Å². The second kappa shape index (κ2) is 9.66. The quantitative estimate of drug-likeness (QED) is 0.299. The first-order valence-corrected chi connectivity index (χ1v) is 11.5. The molecule has 1 aliphatic rings. The summed E-state index contributed by atoms with van der Waals surface area (Å²) in [6.07, 6.45) is 1.36. The Kier molecular flexibility index (Phi) is 6.71. The molecule has 1 aliphatic heterocycles. The molecule has 9 nitrogen and oxygen atoms in total. The Bertz CT molecular complexity index is 1150. The molecule has 4 rings (SSSR count). The van der Waals surface area contributed by atoms with Crippen LogP contribution in [0.2, 0.25) is 4.34 Å². The molecule has 0 bridgehead atoms. The van der Waals surface area contributed by atoms with Crippen molar-refractivity contribution in [3.05, 3.63) is 50.3 Å². The number of carbonyl (C=O) groups excluding carboxylic acids is 1. The largest absolute Gasteiger partial charge is 0.466 e. The van der Waals surface area contributed by atoms with E-state index < -0.39 is 4.92 Å². The fourth-order valence-electron chi connectivity index (χ4n) is 3.70. The Labute approximate surface area is 193 Å². The molecule has 0 amide bonds. The van der Waals surface area contributed by atoms with Gasteiger partial charge in [0.25, 0.3) is 5.69 Å². The van der Waals surface area contributed by atoms with Gasteiger partial charge >= 0.3 is 5.97 Å². The third-order valence-corrected chi connectivity index (χ3v) is 6.49. The summed E-state index contributed by atoms with van der Waals surface area (Å²) in [6.45, 7) is 3.87. The Hall–Kier alpha value is -2.98. The van der Waals surface area contributed by atoms with E-state index in [1.54, 1.807) is 6.07 Å². The molecule has 0 unspecified atom stereocenters. The van der Waals surface area contributed by atoms with Crippen LogP contribution >= 0.6 is 22.9 Å². The first-order chi connectivity index (χ1) is 15.4. The van der Waals surface area contributed by atoms with E-state index in [2.05, 4.69) is 15.2 Å². The van der Waals surface area contributed by atoms with Gasteiger partial charge in [-0.3, -0.25) is 14.9 Å². The summed E-state index contributed by atoms with van der Waals surface area (Å²) in [6, 6.07) is 8.29. The summed E-state index contributed by atoms with van der Waals surface area (Å²) in [4.78, 5) is 34.9. The number of fused-ring (bicyclic) bond motifs is 1. The zero-order valence-electron chi connectivity index (χ0n) is 17.4. The van der Waals surface area contributed by atoms with Crippen molar-refractivity contribution in [1.82, 2.24) is 9.97 Å². The highest BCUT2D eigenvalue weighted by Gasteiger charge is 2.27. The van der Waals surface area contributed by atoms with E-state index in [1.165, 1.54) is 23.5 Å². The minimum Gasteiger partial charge on any atom is -0.466 e. The minimum absolute atomic E-state index is 0.0425. The lowest BCUT2D eigenvalue weighted by Gasteiger charge is -2.31. The van der Waals surface area contributed by atoms with E-state index in [0.29, 0.717) is 55.2 Å². The monoisotopic (exact) mass is 475 g/mol. The van der Waals surface area contributed by atoms with Crippen molar-refractivity contribution >= 4 is 56.6 Å². The van der Waals surface area contributed by atoms with E-state index in [9.17, 15) is 14.9 Å². The van der Waals surface area contributed by atoms with Gasteiger partial charge in [-0.25, -0.2) is 4.98 Å². The van der Waals surface area contributed by atoms with Gasteiger partial charge in [0.05, 0.1) is 27.2 Å². The summed E-state index contributed by atoms with van der Waals surface area (Å²) < 4.78 is 5.75. The van der Waals surface area contributed by atoms with Gasteiger partial charge in [0, 0.05) is 31.8 Å². The zero-order valence-corrected chi connectivity index (χ0v) is 19.0. The fourth-order valence-corrected chi connectivity index (χ4v) is 4.78. The molecule has 3 aromatic rings. The number of nitro benzene ring substituents is 1. The van der Waals surface area contributed by atoms with Gasteiger partial charge in [0.2, 0.25) is 5.95 Å². The molecule has 0 spiro atoms. The number of nitrogens with zero attached hydrogens (tertiary/aromatic N) is 4. The number of hydrogen-bond donors (Lipinski definition) is 1. The third kappa shape index (κ3) is 4.91. The topological polar surface area (TPSA) is 110 Å². The number of non-ortho nitro benzene ring substituents is 1. The number of thiophene rings is 1. The molecule has 2 aromatic heterocycles. The van der Waals surface area contributed by atoms with Crippen molar-refractivity contribution in [2.24, 2.45) is 5.92 Å². The van der Waals surface area contributed by atoms with Crippen LogP contribution in [0.5, 0.6) is 0 Å². The number of ether oxygens (including phenoxy) is 1. The molecule has 0 saturated carbocycles. The number of carbonyl (C=O) groups is 1. The maximum atomic E-state index is 12.0. The number of piperidine rings is 1. The van der Waals surface area contributed by atoms with Gasteiger partial charge in [0.15, 0.2) is 0 Å². The molecule has 1 N–H and O–H groups in total. The van der Waals surface area contributed by atoms with Crippen molar-refractivity contribution in [3.63, 3.8) is 0 Å². The average molecular weight is 476 g/mol. The normalized spacial score (nSPS) is 14.5. The molecular formula is C21H22ClN5O4S. The molecule has 0 radical (unpaired) electrons. The number of nitrogens with one attached hydrogen (secondary N) is 1. The molecule has 11 heteroatoms. The first kappa shape index (κ1) is 22.2. The van der Waals surface area contributed by atoms with Crippen LogP contribution < -0.4 is 10.2 Å². The van der Waals surface area contributed by atoms with Gasteiger partial charge in [-0.2, -0.15) is 4.98 Å². The molecular weight excluding hydrogens is 454 g/mol. The molecule has 1 saturated heterocycles. The number of rotatable bonds is 7. The van der Waals surface area contributed by atoms with Crippen LogP contribution in [0.25, 0.3) is 10.2 Å². The minimum atomic E-state index is -0.414. The summed E-state index contributed by atoms with van der Waals surface area (Å²) in [5.74, 6) is 0.942. The second-order valence-corrected chi connectivity index (χ2v) is 9.10. The number of halogens is 1. The standard InChI is InChI=1S/C21H22ClN5O4S/c1-2-31-20(28)14-6-8-26(9-7-14)21-24-18(16-11-17(22)32-19(16)25-21)23-12-13-4-3-5-15(10-13)27(29)30/h3-5,10-11,14H,2,6-9,12H2,1H3,(H,23,24,25). The lowest BCUT2D eigenvalue weighted by Crippen LogP contribution is -2.38. The second-order valence-electron chi connectivity index (χ2n) is 7.44. The highest BCUT2D eigenvalue weighted by atomic mass is 35.5. The van der Waals surface area contributed by atoms with Crippen LogP contribution in [0.4, 0.5) is 17.5 Å². The summed E-state index contributed by atoms with van der Waals surface area (Å²) in [5.41, 5.74) is 0.810. The fraction of sp³-hybridized carbons (Fsp3) is 0.381. The van der Waals surface area contributed by atoms with Crippen LogP contribution in [0.15, 0.2) is 30.3 Å². The maximum absolute atomic E-state index is 12.0. The Morgan fingerprint density at radius 3 is 2.84 bits per heavy atom. The lowest BCUT2D eigenvalue weighted by molar-refractivity contribution is -0.384. The number of nitro groups is 1. The smallest absolute Gasteiger partial charge is 0.309 e. The Balaban J connectivity index is 1.54. The van der Waals surface area contributed by atoms with E-state index >= 15 is 0 Å². The SMILES string of the molecule is CCOC(=O)C1CCN(c2nc(NCc3cccc([N+](=O)[O-])c3)c3cc(Cl)sc3n2)CC1. The van der Waals surface area contributed by atoms with E-state index in [1.807, 2.05) is 19.1 Å². The van der Waals surface area contributed by atoms with E-state index in [-0.39, 0.29) is 17.6 Å². The van der Waals surface area contributed by atoms with Crippen LogP contribution in [0, 0.1) is 16.0 Å². The molecule has 1 aromatic carbocycles. The van der Waals surface area contributed by atoms with Gasteiger partial charge in [-0.05, 0) is 31.4 Å². The molecule has 1 fully saturated rings. The highest BCUT2D eigenvalue weighted by molar-refractivity contribution is 7.22. The van der Waals surface area contributed by atoms with Crippen molar-refractivity contribution in [2.75, 3.05) is 29.9 Å². The van der Waals surface area contributed by atoms with Gasteiger partial charge < -0.3 is 15.0 Å². The van der Waals surface area contributed by atoms with Gasteiger partial charge in [0.1, 0.15) is 10.6 Å². The van der Waals surface area contributed by atoms with Crippen LogP contribution in [0.1, 0.15) is 25.3 Å². The van der Waals surface area contributed by atoms with Crippen molar-refractivity contribution < 1.29 is 14.5 Å². The number of anilines is 2. The molecule has 3 heterocycles. The third-order valence-electron chi connectivity index (χ3n) is 5.33. The highest BCUT2D eigenvalue weighted by Crippen LogP contribution is 2.34. The Morgan fingerprint density at radius 1 is 1.34 bits per heavy atom. The summed E-state index contributed by atoms with van der Waals surface area (Å²) in [7, 11) is 0. The molecule has 168 valence electrons. The predicted molar refractivity (Wildman–Crippen MR) is 124 cm³/mol. The Morgan fingerprint density at radius 2 is 2.12 bits per heavy atom. The van der Waals surface area contributed by atoms with E-state index in [0.717, 1.165) is 15.8 Å². The summed E-state index contributed by atoms with van der Waals surface area (Å²) >= 11 is 7.60. The van der Waals surface area contributed by atoms with Gasteiger partial charge in [-0.15, -0.1) is 11.3 Å². The van der Waals surface area contributed by atoms with Crippen LogP contribution in [-0.4, -0.2) is 40.6 Å². The predicted octanol–water partition coefficient (Wildman–Crippen LogP) is 4.64. The lowest BCUT2D eigenvalue weighted by atomic mass is 9.97. The van der Waals surface area contributed by atoms with Crippen molar-refractivity contribution in [3.8, 4) is 0 Å². The molecule has 32 heavy (non-hydrogen) atoms. The van der Waals surface area contributed by atoms with Crippen LogP contribution in [0.3, 0.4) is 0 Å². The average Bonchev–Trinajstić information content (AvgIpc) is 3.18. The number of esters is 1. The molecule has 0 aliphatic carbocycles. The number of benzene rings is 1. The van der Waals surface area contributed by atoms with Crippen molar-refractivity contribution in [2.45, 2.75) is 26.3 Å². The maximum Gasteiger partial charge on any atom is 0.309 e. The van der Waals surface area contributed by atoms with Gasteiger partial charge in [-0.1, -0.05) is 23.7 Å². The molecule has 0 atom stereocenters. The van der Waals surface area contributed by atoms with Crippen molar-refractivity contribution in [1.29, 1.82) is 0 Å².